The standard InChI is InChI=1S/C14H19NO3/c1-3-8-15(9-7-13(16)17)14(18)12-6-4-5-11(2)10-12/h4-6,10H,3,7-9H2,1-2H3,(H,16,17). The second kappa shape index (κ2) is 6.79. The molecular formula is C14H19NO3. The van der Waals surface area contributed by atoms with Crippen molar-refractivity contribution in [1.82, 2.24) is 4.90 Å². The number of carboxylic acid groups (broad SMARTS) is 1. The van der Waals surface area contributed by atoms with E-state index in [1.54, 1.807) is 11.0 Å². The van der Waals surface area contributed by atoms with Crippen LogP contribution in [0.1, 0.15) is 35.7 Å². The molecule has 1 aromatic carbocycles. The van der Waals surface area contributed by atoms with Crippen LogP contribution in [0.25, 0.3) is 0 Å². The average molecular weight is 249 g/mol. The number of aryl methyl sites for hydroxylation is 1. The van der Waals surface area contributed by atoms with E-state index in [1.807, 2.05) is 32.0 Å². The highest BCUT2D eigenvalue weighted by Gasteiger charge is 2.15. The van der Waals surface area contributed by atoms with Crippen LogP contribution >= 0.6 is 0 Å². The molecule has 1 N–H and O–H groups in total. The predicted molar refractivity (Wildman–Crippen MR) is 69.6 cm³/mol. The molecule has 0 saturated carbocycles. The molecule has 1 rings (SSSR count). The number of aliphatic carboxylic acids is 1. The fourth-order valence-corrected chi connectivity index (χ4v) is 1.78. The SMILES string of the molecule is CCCN(CCC(=O)O)C(=O)c1cccc(C)c1. The maximum absolute atomic E-state index is 12.2. The van der Waals surface area contributed by atoms with Crippen molar-refractivity contribution in [2.24, 2.45) is 0 Å². The number of amides is 1. The van der Waals surface area contributed by atoms with Crippen LogP contribution in [-0.4, -0.2) is 35.0 Å². The minimum atomic E-state index is -0.881. The Kier molecular flexibility index (Phi) is 5.36. The number of hydrogen-bond donors (Lipinski definition) is 1. The summed E-state index contributed by atoms with van der Waals surface area (Å²) in [6, 6.07) is 7.35. The van der Waals surface area contributed by atoms with Crippen LogP contribution in [0.3, 0.4) is 0 Å². The molecule has 0 heterocycles. The van der Waals surface area contributed by atoms with Gasteiger partial charge >= 0.3 is 5.97 Å². The van der Waals surface area contributed by atoms with Gasteiger partial charge in [0.05, 0.1) is 6.42 Å². The van der Waals surface area contributed by atoms with Crippen molar-refractivity contribution in [2.45, 2.75) is 26.7 Å². The predicted octanol–water partition coefficient (Wildman–Crippen LogP) is 2.32. The second-order valence-electron chi connectivity index (χ2n) is 4.31. The summed E-state index contributed by atoms with van der Waals surface area (Å²) >= 11 is 0. The fourth-order valence-electron chi connectivity index (χ4n) is 1.78. The molecule has 0 saturated heterocycles. The molecule has 0 spiro atoms. The molecule has 98 valence electrons. The molecule has 1 amide bonds. The van der Waals surface area contributed by atoms with Crippen molar-refractivity contribution in [3.05, 3.63) is 35.4 Å². The molecule has 0 bridgehead atoms. The normalized spacial score (nSPS) is 10.1. The third kappa shape index (κ3) is 4.20. The summed E-state index contributed by atoms with van der Waals surface area (Å²) in [5.41, 5.74) is 1.64. The van der Waals surface area contributed by atoms with Gasteiger partial charge in [-0.25, -0.2) is 0 Å². The molecule has 0 aromatic heterocycles. The quantitative estimate of drug-likeness (QED) is 0.841. The van der Waals surface area contributed by atoms with E-state index in [9.17, 15) is 9.59 Å². The van der Waals surface area contributed by atoms with Crippen molar-refractivity contribution in [2.75, 3.05) is 13.1 Å². The van der Waals surface area contributed by atoms with Gasteiger partial charge in [0.25, 0.3) is 5.91 Å². The van der Waals surface area contributed by atoms with Crippen molar-refractivity contribution >= 4 is 11.9 Å². The van der Waals surface area contributed by atoms with Crippen LogP contribution in [-0.2, 0) is 4.79 Å². The molecule has 4 heteroatoms. The monoisotopic (exact) mass is 249 g/mol. The zero-order chi connectivity index (χ0) is 13.5. The number of hydrogen-bond acceptors (Lipinski definition) is 2. The summed E-state index contributed by atoms with van der Waals surface area (Å²) in [7, 11) is 0. The lowest BCUT2D eigenvalue weighted by Crippen LogP contribution is -2.33. The van der Waals surface area contributed by atoms with Gasteiger partial charge in [-0.05, 0) is 25.5 Å². The first kappa shape index (κ1) is 14.2. The van der Waals surface area contributed by atoms with Crippen LogP contribution in [0.4, 0.5) is 0 Å². The Balaban J connectivity index is 2.78. The lowest BCUT2D eigenvalue weighted by Gasteiger charge is -2.21. The Morgan fingerprint density at radius 2 is 2.00 bits per heavy atom. The smallest absolute Gasteiger partial charge is 0.305 e. The first-order valence-corrected chi connectivity index (χ1v) is 6.12. The summed E-state index contributed by atoms with van der Waals surface area (Å²) in [4.78, 5) is 24.4. The van der Waals surface area contributed by atoms with E-state index in [1.165, 1.54) is 0 Å². The summed E-state index contributed by atoms with van der Waals surface area (Å²) in [5, 5.41) is 8.69. The zero-order valence-electron chi connectivity index (χ0n) is 10.8. The molecule has 18 heavy (non-hydrogen) atoms. The molecule has 0 aliphatic heterocycles. The molecule has 0 aliphatic carbocycles. The van der Waals surface area contributed by atoms with E-state index in [-0.39, 0.29) is 18.9 Å². The van der Waals surface area contributed by atoms with Crippen molar-refractivity contribution in [3.8, 4) is 0 Å². The van der Waals surface area contributed by atoms with Crippen LogP contribution in [0.2, 0.25) is 0 Å². The molecular weight excluding hydrogens is 230 g/mol. The highest BCUT2D eigenvalue weighted by atomic mass is 16.4. The third-order valence-corrected chi connectivity index (χ3v) is 2.64. The lowest BCUT2D eigenvalue weighted by atomic mass is 10.1. The van der Waals surface area contributed by atoms with Crippen LogP contribution in [0.5, 0.6) is 0 Å². The Bertz CT molecular complexity index is 429. The molecule has 4 nitrogen and oxygen atoms in total. The molecule has 0 fully saturated rings. The number of rotatable bonds is 6. The van der Waals surface area contributed by atoms with Crippen LogP contribution < -0.4 is 0 Å². The average Bonchev–Trinajstić information content (AvgIpc) is 2.33. The second-order valence-corrected chi connectivity index (χ2v) is 4.31. The third-order valence-electron chi connectivity index (χ3n) is 2.64. The Hall–Kier alpha value is -1.84. The minimum absolute atomic E-state index is 0.0163. The lowest BCUT2D eigenvalue weighted by molar-refractivity contribution is -0.137. The summed E-state index contributed by atoms with van der Waals surface area (Å²) in [6.07, 6.45) is 0.800. The van der Waals surface area contributed by atoms with E-state index in [0.717, 1.165) is 12.0 Å². The van der Waals surface area contributed by atoms with E-state index in [2.05, 4.69) is 0 Å². The van der Waals surface area contributed by atoms with Gasteiger partial charge in [-0.1, -0.05) is 24.6 Å². The Labute approximate surface area is 107 Å². The zero-order valence-corrected chi connectivity index (χ0v) is 10.8. The van der Waals surface area contributed by atoms with E-state index >= 15 is 0 Å². The van der Waals surface area contributed by atoms with Gasteiger partial charge in [0.2, 0.25) is 0 Å². The summed E-state index contributed by atoms with van der Waals surface area (Å²) in [6.45, 7) is 4.74. The molecule has 0 atom stereocenters. The van der Waals surface area contributed by atoms with Gasteiger partial charge in [0.15, 0.2) is 0 Å². The summed E-state index contributed by atoms with van der Waals surface area (Å²) < 4.78 is 0. The Morgan fingerprint density at radius 3 is 2.56 bits per heavy atom. The van der Waals surface area contributed by atoms with E-state index < -0.39 is 5.97 Å². The maximum atomic E-state index is 12.2. The fraction of sp³-hybridized carbons (Fsp3) is 0.429. The largest absolute Gasteiger partial charge is 0.481 e. The van der Waals surface area contributed by atoms with Gasteiger partial charge in [-0.2, -0.15) is 0 Å². The first-order chi connectivity index (χ1) is 8.54. The van der Waals surface area contributed by atoms with Crippen LogP contribution in [0, 0.1) is 6.92 Å². The topological polar surface area (TPSA) is 57.6 Å². The minimum Gasteiger partial charge on any atom is -0.481 e. The maximum Gasteiger partial charge on any atom is 0.305 e. The highest BCUT2D eigenvalue weighted by Crippen LogP contribution is 2.09. The van der Waals surface area contributed by atoms with Crippen molar-refractivity contribution in [1.29, 1.82) is 0 Å². The van der Waals surface area contributed by atoms with Gasteiger partial charge in [0, 0.05) is 18.7 Å². The summed E-state index contributed by atoms with van der Waals surface area (Å²) in [5.74, 6) is -0.977. The first-order valence-electron chi connectivity index (χ1n) is 6.12. The van der Waals surface area contributed by atoms with Gasteiger partial charge in [0.1, 0.15) is 0 Å². The van der Waals surface area contributed by atoms with Crippen molar-refractivity contribution < 1.29 is 14.7 Å². The number of nitrogens with zero attached hydrogens (tertiary/aromatic N) is 1. The highest BCUT2D eigenvalue weighted by molar-refractivity contribution is 5.94. The molecule has 0 radical (unpaired) electrons. The number of benzene rings is 1. The van der Waals surface area contributed by atoms with E-state index in [0.29, 0.717) is 12.1 Å². The molecule has 0 unspecified atom stereocenters. The van der Waals surface area contributed by atoms with Gasteiger partial charge < -0.3 is 10.0 Å². The Morgan fingerprint density at radius 1 is 1.28 bits per heavy atom. The van der Waals surface area contributed by atoms with Gasteiger partial charge in [-0.15, -0.1) is 0 Å². The molecule has 1 aromatic rings. The number of carbonyl (C=O) groups is 2. The van der Waals surface area contributed by atoms with Gasteiger partial charge in [-0.3, -0.25) is 9.59 Å². The van der Waals surface area contributed by atoms with Crippen LogP contribution in [0.15, 0.2) is 24.3 Å². The number of carbonyl (C=O) groups excluding carboxylic acids is 1. The molecule has 0 aliphatic rings. The van der Waals surface area contributed by atoms with E-state index in [4.69, 9.17) is 5.11 Å². The number of carboxylic acids is 1. The van der Waals surface area contributed by atoms with Crippen molar-refractivity contribution in [3.63, 3.8) is 0 Å².